The summed E-state index contributed by atoms with van der Waals surface area (Å²) < 4.78 is 3.53. The fourth-order valence-corrected chi connectivity index (χ4v) is 2.45. The Kier molecular flexibility index (Phi) is 1.77. The standard InChI is InChI=1S/C12H10BrN/c13-10-4-5-12-9(7-10)8-11-3-1-2-6-14(11)12/h1-2,4-5,7-8H,3,6H2. The molecule has 0 unspecified atom stereocenters. The number of hydrogen-bond acceptors (Lipinski definition) is 0. The fourth-order valence-electron chi connectivity index (χ4n) is 2.07. The second kappa shape index (κ2) is 2.99. The van der Waals surface area contributed by atoms with E-state index in [-0.39, 0.29) is 0 Å². The highest BCUT2D eigenvalue weighted by atomic mass is 79.9. The molecule has 0 N–H and O–H groups in total. The van der Waals surface area contributed by atoms with Gasteiger partial charge < -0.3 is 4.57 Å². The van der Waals surface area contributed by atoms with E-state index >= 15 is 0 Å². The average molecular weight is 248 g/mol. The lowest BCUT2D eigenvalue weighted by molar-refractivity contribution is 0.782. The van der Waals surface area contributed by atoms with Crippen molar-refractivity contribution in [1.29, 1.82) is 0 Å². The number of fused-ring (bicyclic) bond motifs is 3. The molecule has 1 aromatic heterocycles. The average Bonchev–Trinajstić information content (AvgIpc) is 2.54. The second-order valence-electron chi connectivity index (χ2n) is 3.62. The van der Waals surface area contributed by atoms with E-state index in [0.29, 0.717) is 0 Å². The molecule has 1 nitrogen and oxygen atoms in total. The maximum absolute atomic E-state index is 3.50. The van der Waals surface area contributed by atoms with Crippen LogP contribution >= 0.6 is 15.9 Å². The highest BCUT2D eigenvalue weighted by Gasteiger charge is 2.09. The van der Waals surface area contributed by atoms with E-state index in [4.69, 9.17) is 0 Å². The quantitative estimate of drug-likeness (QED) is 0.628. The number of benzene rings is 1. The van der Waals surface area contributed by atoms with Gasteiger partial charge in [0.05, 0.1) is 0 Å². The van der Waals surface area contributed by atoms with Gasteiger partial charge in [0.1, 0.15) is 0 Å². The molecule has 0 radical (unpaired) electrons. The third kappa shape index (κ3) is 1.14. The molecule has 0 atom stereocenters. The fraction of sp³-hybridized carbons (Fsp3) is 0.167. The molecule has 2 heteroatoms. The molecule has 0 bridgehead atoms. The molecule has 0 spiro atoms. The summed E-state index contributed by atoms with van der Waals surface area (Å²) in [4.78, 5) is 0. The van der Waals surface area contributed by atoms with Gasteiger partial charge in [-0.2, -0.15) is 0 Å². The van der Waals surface area contributed by atoms with Crippen molar-refractivity contribution in [2.24, 2.45) is 0 Å². The Morgan fingerprint density at radius 3 is 3.00 bits per heavy atom. The van der Waals surface area contributed by atoms with Gasteiger partial charge >= 0.3 is 0 Å². The predicted octanol–water partition coefficient (Wildman–Crippen LogP) is 3.52. The zero-order valence-corrected chi connectivity index (χ0v) is 9.29. The number of halogens is 1. The third-order valence-electron chi connectivity index (χ3n) is 2.73. The molecule has 1 aliphatic heterocycles. The zero-order chi connectivity index (χ0) is 9.54. The Hall–Kier alpha value is -1.02. The summed E-state index contributed by atoms with van der Waals surface area (Å²) in [5.41, 5.74) is 2.76. The molecule has 1 aliphatic rings. The molecule has 0 amide bonds. The minimum atomic E-state index is 1.01. The minimum absolute atomic E-state index is 1.01. The largest absolute Gasteiger partial charge is 0.340 e. The summed E-state index contributed by atoms with van der Waals surface area (Å²) in [5.74, 6) is 0. The molecule has 2 heterocycles. The van der Waals surface area contributed by atoms with Gasteiger partial charge in [0, 0.05) is 34.0 Å². The summed E-state index contributed by atoms with van der Waals surface area (Å²) in [7, 11) is 0. The summed E-state index contributed by atoms with van der Waals surface area (Å²) >= 11 is 3.50. The topological polar surface area (TPSA) is 4.93 Å². The van der Waals surface area contributed by atoms with Crippen LogP contribution in [0.2, 0.25) is 0 Å². The van der Waals surface area contributed by atoms with E-state index < -0.39 is 0 Å². The maximum Gasteiger partial charge on any atom is 0.0486 e. The van der Waals surface area contributed by atoms with Crippen molar-refractivity contribution in [3.63, 3.8) is 0 Å². The molecule has 70 valence electrons. The van der Waals surface area contributed by atoms with Crippen molar-refractivity contribution in [3.8, 4) is 0 Å². The molecule has 0 aliphatic carbocycles. The van der Waals surface area contributed by atoms with E-state index in [1.807, 2.05) is 0 Å². The SMILES string of the molecule is Brc1ccc2c(c1)cc1n2CC=CC1. The molecule has 1 aromatic carbocycles. The first-order chi connectivity index (χ1) is 6.84. The Balaban J connectivity index is 2.33. The highest BCUT2D eigenvalue weighted by Crippen LogP contribution is 2.25. The van der Waals surface area contributed by atoms with Gasteiger partial charge in [-0.05, 0) is 24.3 Å². The Morgan fingerprint density at radius 2 is 2.07 bits per heavy atom. The van der Waals surface area contributed by atoms with Crippen molar-refractivity contribution < 1.29 is 0 Å². The van der Waals surface area contributed by atoms with E-state index in [1.165, 1.54) is 16.6 Å². The molecular weight excluding hydrogens is 238 g/mol. The molecule has 14 heavy (non-hydrogen) atoms. The van der Waals surface area contributed by atoms with Crippen molar-refractivity contribution in [2.75, 3.05) is 0 Å². The van der Waals surface area contributed by atoms with E-state index in [1.54, 1.807) is 0 Å². The number of rotatable bonds is 0. The molecular formula is C12H10BrN. The first-order valence-electron chi connectivity index (χ1n) is 4.77. The maximum atomic E-state index is 3.50. The van der Waals surface area contributed by atoms with E-state index in [9.17, 15) is 0 Å². The van der Waals surface area contributed by atoms with Gasteiger partial charge in [-0.25, -0.2) is 0 Å². The predicted molar refractivity (Wildman–Crippen MR) is 62.5 cm³/mol. The third-order valence-corrected chi connectivity index (χ3v) is 3.22. The summed E-state index contributed by atoms with van der Waals surface area (Å²) in [6.07, 6.45) is 5.53. The Labute approximate surface area is 91.2 Å². The van der Waals surface area contributed by atoms with Crippen LogP contribution < -0.4 is 0 Å². The first-order valence-corrected chi connectivity index (χ1v) is 5.56. The van der Waals surface area contributed by atoms with Gasteiger partial charge in [-0.15, -0.1) is 0 Å². The van der Waals surface area contributed by atoms with Crippen molar-refractivity contribution in [2.45, 2.75) is 13.0 Å². The zero-order valence-electron chi connectivity index (χ0n) is 7.70. The summed E-state index contributed by atoms with van der Waals surface area (Å²) in [5, 5.41) is 1.33. The van der Waals surface area contributed by atoms with Crippen molar-refractivity contribution in [1.82, 2.24) is 4.57 Å². The lowest BCUT2D eigenvalue weighted by Gasteiger charge is -2.10. The van der Waals surface area contributed by atoms with Gasteiger partial charge in [-0.1, -0.05) is 28.1 Å². The second-order valence-corrected chi connectivity index (χ2v) is 4.54. The van der Waals surface area contributed by atoms with Gasteiger partial charge in [-0.3, -0.25) is 0 Å². The van der Waals surface area contributed by atoms with Crippen LogP contribution in [0.15, 0.2) is 40.9 Å². The smallest absolute Gasteiger partial charge is 0.0486 e. The van der Waals surface area contributed by atoms with Crippen molar-refractivity contribution in [3.05, 3.63) is 46.6 Å². The van der Waals surface area contributed by atoms with Gasteiger partial charge in [0.25, 0.3) is 0 Å². The molecule has 0 saturated carbocycles. The number of aromatic nitrogens is 1. The van der Waals surface area contributed by atoms with Crippen LogP contribution in [0.1, 0.15) is 5.69 Å². The van der Waals surface area contributed by atoms with E-state index in [0.717, 1.165) is 17.4 Å². The van der Waals surface area contributed by atoms with Crippen LogP contribution in [-0.4, -0.2) is 4.57 Å². The first kappa shape index (κ1) is 8.30. The van der Waals surface area contributed by atoms with Gasteiger partial charge in [0.2, 0.25) is 0 Å². The van der Waals surface area contributed by atoms with Crippen molar-refractivity contribution >= 4 is 26.8 Å². The number of nitrogens with zero attached hydrogens (tertiary/aromatic N) is 1. The minimum Gasteiger partial charge on any atom is -0.340 e. The van der Waals surface area contributed by atoms with Crippen LogP contribution in [0.4, 0.5) is 0 Å². The highest BCUT2D eigenvalue weighted by molar-refractivity contribution is 9.10. The number of allylic oxidation sites excluding steroid dienone is 2. The van der Waals surface area contributed by atoms with Crippen LogP contribution in [0.5, 0.6) is 0 Å². The molecule has 0 saturated heterocycles. The number of hydrogen-bond donors (Lipinski definition) is 0. The van der Waals surface area contributed by atoms with Crippen LogP contribution in [0.3, 0.4) is 0 Å². The Bertz CT molecular complexity index is 522. The Morgan fingerprint density at radius 1 is 1.14 bits per heavy atom. The molecule has 0 fully saturated rings. The normalized spacial score (nSPS) is 14.6. The van der Waals surface area contributed by atoms with E-state index in [2.05, 4.69) is 56.9 Å². The van der Waals surface area contributed by atoms with Gasteiger partial charge in [0.15, 0.2) is 0 Å². The lowest BCUT2D eigenvalue weighted by Crippen LogP contribution is -2.04. The molecule has 3 rings (SSSR count). The van der Waals surface area contributed by atoms with Crippen LogP contribution in [-0.2, 0) is 13.0 Å². The lowest BCUT2D eigenvalue weighted by atomic mass is 10.2. The molecule has 2 aromatic rings. The summed E-state index contributed by atoms with van der Waals surface area (Å²) in [6, 6.07) is 8.75. The monoisotopic (exact) mass is 247 g/mol. The van der Waals surface area contributed by atoms with Crippen LogP contribution in [0, 0.1) is 0 Å². The summed E-state index contributed by atoms with van der Waals surface area (Å²) in [6.45, 7) is 1.01. The van der Waals surface area contributed by atoms with Crippen LogP contribution in [0.25, 0.3) is 10.9 Å².